The maximum atomic E-state index is 15.0. The fraction of sp³-hybridized carbons (Fsp3) is 0.409. The highest BCUT2D eigenvalue weighted by Crippen LogP contribution is 2.35. The third kappa shape index (κ3) is 4.80. The van der Waals surface area contributed by atoms with Crippen LogP contribution in [0.15, 0.2) is 24.4 Å². The Morgan fingerprint density at radius 2 is 2.03 bits per heavy atom. The van der Waals surface area contributed by atoms with Gasteiger partial charge in [-0.15, -0.1) is 0 Å². The predicted molar refractivity (Wildman–Crippen MR) is 122 cm³/mol. The van der Waals surface area contributed by atoms with Crippen LogP contribution in [0.5, 0.6) is 0 Å². The first-order chi connectivity index (χ1) is 14.8. The van der Waals surface area contributed by atoms with Crippen molar-refractivity contribution in [2.45, 2.75) is 45.6 Å². The van der Waals surface area contributed by atoms with Gasteiger partial charge >= 0.3 is 0 Å². The van der Waals surface area contributed by atoms with Crippen molar-refractivity contribution in [3.8, 4) is 0 Å². The van der Waals surface area contributed by atoms with E-state index in [2.05, 4.69) is 49.7 Å². The number of hydrogen-bond acceptors (Lipinski definition) is 6. The highest BCUT2D eigenvalue weighted by atomic mass is 35.5. The molecule has 2 atom stereocenters. The van der Waals surface area contributed by atoms with E-state index in [0.717, 1.165) is 36.2 Å². The standard InChI is InChI=1S/C22H27ClFN7/c1-12-7-19(18(24)10-16(12)15-5-6-31(4)14(3)9-15)26-22-25-11-17(23)21(28-22)27-20-8-13(2)29-30-20/h7-8,10-11,14-15H,5-6,9H2,1-4H3,(H3,25,26,27,28,29,30). The Morgan fingerprint density at radius 1 is 1.23 bits per heavy atom. The maximum absolute atomic E-state index is 15.0. The van der Waals surface area contributed by atoms with E-state index in [1.54, 1.807) is 6.07 Å². The SMILES string of the molecule is Cc1cc(Nc2nc(Nc3cc(C)c(C4CCN(C)C(C)C4)cc3F)ncc2Cl)n[nH]1. The summed E-state index contributed by atoms with van der Waals surface area (Å²) in [5.74, 6) is 1.28. The van der Waals surface area contributed by atoms with Crippen molar-refractivity contribution in [1.29, 1.82) is 0 Å². The fourth-order valence-electron chi connectivity index (χ4n) is 4.04. The molecule has 0 bridgehead atoms. The van der Waals surface area contributed by atoms with E-state index in [-0.39, 0.29) is 11.8 Å². The molecule has 1 fully saturated rings. The summed E-state index contributed by atoms with van der Waals surface area (Å²) in [6.45, 7) is 7.17. The molecule has 1 aliphatic rings. The van der Waals surface area contributed by atoms with Gasteiger partial charge in [-0.2, -0.15) is 10.1 Å². The second kappa shape index (κ2) is 8.80. The molecule has 9 heteroatoms. The molecule has 7 nitrogen and oxygen atoms in total. The molecule has 164 valence electrons. The summed E-state index contributed by atoms with van der Waals surface area (Å²) in [5.41, 5.74) is 3.38. The minimum atomic E-state index is -0.317. The number of aromatic nitrogens is 4. The molecule has 0 aliphatic carbocycles. The molecule has 1 saturated heterocycles. The van der Waals surface area contributed by atoms with Crippen LogP contribution in [0, 0.1) is 19.7 Å². The van der Waals surface area contributed by atoms with E-state index in [1.807, 2.05) is 26.0 Å². The molecule has 3 heterocycles. The average molecular weight is 444 g/mol. The smallest absolute Gasteiger partial charge is 0.229 e. The number of H-pyrrole nitrogens is 1. The number of piperidine rings is 1. The van der Waals surface area contributed by atoms with Crippen molar-refractivity contribution in [1.82, 2.24) is 25.1 Å². The van der Waals surface area contributed by atoms with Crippen LogP contribution in [-0.4, -0.2) is 44.7 Å². The first-order valence-electron chi connectivity index (χ1n) is 10.4. The number of benzene rings is 1. The monoisotopic (exact) mass is 443 g/mol. The third-order valence-electron chi connectivity index (χ3n) is 5.95. The van der Waals surface area contributed by atoms with Gasteiger partial charge in [-0.05, 0) is 76.4 Å². The van der Waals surface area contributed by atoms with Gasteiger partial charge in [0.2, 0.25) is 5.95 Å². The van der Waals surface area contributed by atoms with E-state index < -0.39 is 0 Å². The number of rotatable bonds is 5. The van der Waals surface area contributed by atoms with Crippen molar-refractivity contribution >= 4 is 34.9 Å². The minimum absolute atomic E-state index is 0.248. The molecular weight excluding hydrogens is 417 g/mol. The van der Waals surface area contributed by atoms with Crippen LogP contribution in [0.25, 0.3) is 0 Å². The molecule has 3 aromatic rings. The zero-order chi connectivity index (χ0) is 22.1. The molecule has 1 aromatic carbocycles. The quantitative estimate of drug-likeness (QED) is 0.496. The largest absolute Gasteiger partial charge is 0.322 e. The summed E-state index contributed by atoms with van der Waals surface area (Å²) >= 11 is 6.21. The maximum Gasteiger partial charge on any atom is 0.229 e. The van der Waals surface area contributed by atoms with Gasteiger partial charge in [0.1, 0.15) is 10.8 Å². The van der Waals surface area contributed by atoms with Crippen molar-refractivity contribution in [2.24, 2.45) is 0 Å². The van der Waals surface area contributed by atoms with Crippen LogP contribution in [-0.2, 0) is 0 Å². The zero-order valence-electron chi connectivity index (χ0n) is 18.1. The lowest BCUT2D eigenvalue weighted by molar-refractivity contribution is 0.182. The van der Waals surface area contributed by atoms with E-state index in [0.29, 0.717) is 34.3 Å². The Morgan fingerprint density at radius 3 is 2.74 bits per heavy atom. The van der Waals surface area contributed by atoms with Crippen molar-refractivity contribution in [3.63, 3.8) is 0 Å². The van der Waals surface area contributed by atoms with Crippen LogP contribution in [0.3, 0.4) is 0 Å². The Hall–Kier alpha value is -2.71. The van der Waals surface area contributed by atoms with Gasteiger partial charge in [0.15, 0.2) is 11.6 Å². The Balaban J connectivity index is 1.54. The first-order valence-corrected chi connectivity index (χ1v) is 10.8. The first kappa shape index (κ1) is 21.5. The van der Waals surface area contributed by atoms with Crippen LogP contribution in [0.2, 0.25) is 5.02 Å². The summed E-state index contributed by atoms with van der Waals surface area (Å²) in [6, 6.07) is 5.81. The molecule has 4 rings (SSSR count). The number of anilines is 4. The van der Waals surface area contributed by atoms with Crippen molar-refractivity contribution in [3.05, 3.63) is 52.1 Å². The van der Waals surface area contributed by atoms with Gasteiger partial charge < -0.3 is 15.5 Å². The van der Waals surface area contributed by atoms with Gasteiger partial charge in [0, 0.05) is 17.8 Å². The molecule has 3 N–H and O–H groups in total. The van der Waals surface area contributed by atoms with Gasteiger partial charge in [0.05, 0.1) is 11.9 Å². The van der Waals surface area contributed by atoms with E-state index in [1.165, 1.54) is 6.20 Å². The lowest BCUT2D eigenvalue weighted by Gasteiger charge is -2.36. The highest BCUT2D eigenvalue weighted by molar-refractivity contribution is 6.32. The minimum Gasteiger partial charge on any atom is -0.322 e. The number of nitrogens with zero attached hydrogens (tertiary/aromatic N) is 4. The van der Waals surface area contributed by atoms with Crippen LogP contribution >= 0.6 is 11.6 Å². The van der Waals surface area contributed by atoms with Gasteiger partial charge in [-0.3, -0.25) is 5.10 Å². The number of aryl methyl sites for hydroxylation is 2. The van der Waals surface area contributed by atoms with E-state index >= 15 is 0 Å². The topological polar surface area (TPSA) is 81.8 Å². The highest BCUT2D eigenvalue weighted by Gasteiger charge is 2.26. The van der Waals surface area contributed by atoms with Gasteiger partial charge in [-0.25, -0.2) is 9.37 Å². The summed E-state index contributed by atoms with van der Waals surface area (Å²) in [4.78, 5) is 10.9. The Labute approximate surface area is 186 Å². The fourth-order valence-corrected chi connectivity index (χ4v) is 4.18. The second-order valence-electron chi connectivity index (χ2n) is 8.32. The van der Waals surface area contributed by atoms with Gasteiger partial charge in [0.25, 0.3) is 0 Å². The van der Waals surface area contributed by atoms with Crippen LogP contribution in [0.1, 0.15) is 42.5 Å². The molecule has 2 aromatic heterocycles. The number of aromatic amines is 1. The zero-order valence-corrected chi connectivity index (χ0v) is 18.9. The van der Waals surface area contributed by atoms with Crippen molar-refractivity contribution < 1.29 is 4.39 Å². The molecule has 0 saturated carbocycles. The lowest BCUT2D eigenvalue weighted by atomic mass is 9.84. The van der Waals surface area contributed by atoms with Gasteiger partial charge in [-0.1, -0.05) is 11.6 Å². The number of nitrogens with one attached hydrogen (secondary N) is 3. The van der Waals surface area contributed by atoms with Crippen molar-refractivity contribution in [2.75, 3.05) is 24.2 Å². The molecule has 0 spiro atoms. The average Bonchev–Trinajstić information content (AvgIpc) is 3.14. The normalized spacial score (nSPS) is 19.4. The van der Waals surface area contributed by atoms with E-state index in [9.17, 15) is 4.39 Å². The third-order valence-corrected chi connectivity index (χ3v) is 6.22. The Kier molecular flexibility index (Phi) is 6.11. The summed E-state index contributed by atoms with van der Waals surface area (Å²) in [5, 5.41) is 13.3. The number of hydrogen-bond donors (Lipinski definition) is 3. The van der Waals surface area contributed by atoms with Crippen LogP contribution in [0.4, 0.5) is 27.7 Å². The molecular formula is C22H27ClFN7. The summed E-state index contributed by atoms with van der Waals surface area (Å²) in [7, 11) is 2.14. The molecule has 2 unspecified atom stereocenters. The van der Waals surface area contributed by atoms with Crippen LogP contribution < -0.4 is 10.6 Å². The second-order valence-corrected chi connectivity index (χ2v) is 8.72. The summed E-state index contributed by atoms with van der Waals surface area (Å²) in [6.07, 6.45) is 3.54. The number of likely N-dealkylation sites (tertiary alicyclic amines) is 1. The molecule has 0 amide bonds. The number of halogens is 2. The molecule has 1 aliphatic heterocycles. The summed E-state index contributed by atoms with van der Waals surface area (Å²) < 4.78 is 15.0. The molecule has 31 heavy (non-hydrogen) atoms. The Bertz CT molecular complexity index is 1080. The van der Waals surface area contributed by atoms with E-state index in [4.69, 9.17) is 11.6 Å². The molecule has 0 radical (unpaired) electrons. The lowest BCUT2D eigenvalue weighted by Crippen LogP contribution is -2.37. The predicted octanol–water partition coefficient (Wildman–Crippen LogP) is 5.29.